The summed E-state index contributed by atoms with van der Waals surface area (Å²) in [6.45, 7) is 4.30. The van der Waals surface area contributed by atoms with Gasteiger partial charge in [-0.3, -0.25) is 0 Å². The van der Waals surface area contributed by atoms with Crippen LogP contribution in [0.1, 0.15) is 20.3 Å². The average Bonchev–Trinajstić information content (AvgIpc) is 2.28. The Kier molecular flexibility index (Phi) is 3.54. The molecule has 0 spiro atoms. The summed E-state index contributed by atoms with van der Waals surface area (Å²) in [6.07, 6.45) is 1.79. The first-order valence-electron chi connectivity index (χ1n) is 5.71. The van der Waals surface area contributed by atoms with Crippen molar-refractivity contribution >= 4 is 31.7 Å². The fourth-order valence-corrected chi connectivity index (χ4v) is 8.26. The second kappa shape index (κ2) is 4.61. The fourth-order valence-electron chi connectivity index (χ4n) is 2.37. The van der Waals surface area contributed by atoms with Crippen LogP contribution in [0.15, 0.2) is 30.3 Å². The molecule has 3 heteroatoms. The molecule has 0 unspecified atom stereocenters. The van der Waals surface area contributed by atoms with E-state index in [9.17, 15) is 4.79 Å². The van der Waals surface area contributed by atoms with Crippen LogP contribution in [0.2, 0.25) is 0 Å². The molecule has 86 valence electrons. The standard InChI is InChI=1S/C13H17OPSe/c1-10-9-15(16,11(2)8-13(10)14)12-6-4-3-5-7-12/h3-7,10-11H,8-9H2,1-2H3/t10-,11+,15+/m0/s1. The van der Waals surface area contributed by atoms with Crippen LogP contribution in [0.5, 0.6) is 0 Å². The number of Topliss-reactive ketones (excluding diaryl/α,β-unsaturated/α-hetero) is 1. The molecule has 2 rings (SSSR count). The van der Waals surface area contributed by atoms with E-state index in [1.807, 2.05) is 0 Å². The number of ketones is 1. The van der Waals surface area contributed by atoms with Crippen molar-refractivity contribution in [2.24, 2.45) is 5.92 Å². The predicted octanol–water partition coefficient (Wildman–Crippen LogP) is 2.41. The van der Waals surface area contributed by atoms with Crippen molar-refractivity contribution in [2.45, 2.75) is 25.9 Å². The van der Waals surface area contributed by atoms with Gasteiger partial charge in [0.2, 0.25) is 0 Å². The third-order valence-corrected chi connectivity index (χ3v) is 11.9. The van der Waals surface area contributed by atoms with E-state index in [1.54, 1.807) is 0 Å². The van der Waals surface area contributed by atoms with E-state index < -0.39 is 5.51 Å². The summed E-state index contributed by atoms with van der Waals surface area (Å²) in [5, 5.41) is 1.43. The van der Waals surface area contributed by atoms with Gasteiger partial charge in [-0.2, -0.15) is 0 Å². The van der Waals surface area contributed by atoms with Gasteiger partial charge in [-0.05, 0) is 0 Å². The second-order valence-corrected chi connectivity index (χ2v) is 12.2. The van der Waals surface area contributed by atoms with E-state index in [0.717, 1.165) is 12.6 Å². The molecule has 1 aliphatic heterocycles. The molecule has 0 saturated carbocycles. The Labute approximate surface area is 105 Å². The number of hydrogen-bond donors (Lipinski definition) is 0. The van der Waals surface area contributed by atoms with Gasteiger partial charge in [0.25, 0.3) is 0 Å². The van der Waals surface area contributed by atoms with Crippen molar-refractivity contribution in [3.63, 3.8) is 0 Å². The first-order valence-corrected chi connectivity index (χ1v) is 9.97. The SMILES string of the molecule is C[C@@H]1CC(=O)[C@@H](C)C[P@]1(=[Se])c1ccccc1. The van der Waals surface area contributed by atoms with E-state index in [0.29, 0.717) is 11.4 Å². The Balaban J connectivity index is 2.38. The van der Waals surface area contributed by atoms with E-state index >= 15 is 0 Å². The molecule has 1 nitrogen and oxygen atoms in total. The summed E-state index contributed by atoms with van der Waals surface area (Å²) in [5.41, 5.74) is -0.747. The third kappa shape index (κ3) is 2.12. The van der Waals surface area contributed by atoms with Crippen LogP contribution in [0.25, 0.3) is 0 Å². The van der Waals surface area contributed by atoms with Gasteiger partial charge in [0.05, 0.1) is 0 Å². The van der Waals surface area contributed by atoms with Crippen LogP contribution >= 0.6 is 5.51 Å². The van der Waals surface area contributed by atoms with Crippen LogP contribution < -0.4 is 5.30 Å². The van der Waals surface area contributed by atoms with Gasteiger partial charge in [-0.1, -0.05) is 0 Å². The Bertz CT molecular complexity index is 441. The molecule has 1 saturated heterocycles. The van der Waals surface area contributed by atoms with Crippen LogP contribution in [0, 0.1) is 5.92 Å². The normalized spacial score (nSPS) is 35.0. The number of carbonyl (C=O) groups is 1. The van der Waals surface area contributed by atoms with Crippen molar-refractivity contribution in [3.8, 4) is 0 Å². The molecular weight excluding hydrogens is 282 g/mol. The molecule has 0 aromatic heterocycles. The molecule has 0 bridgehead atoms. The summed E-state index contributed by atoms with van der Waals surface area (Å²) >= 11 is 3.47. The number of rotatable bonds is 1. The molecule has 0 N–H and O–H groups in total. The average molecular weight is 299 g/mol. The van der Waals surface area contributed by atoms with Crippen LogP contribution in [0.3, 0.4) is 0 Å². The number of hydrogen-bond acceptors (Lipinski definition) is 1. The molecule has 0 aliphatic carbocycles. The molecule has 0 amide bonds. The Morgan fingerprint density at radius 1 is 1.25 bits per heavy atom. The van der Waals surface area contributed by atoms with Gasteiger partial charge < -0.3 is 0 Å². The van der Waals surface area contributed by atoms with Crippen molar-refractivity contribution < 1.29 is 4.79 Å². The summed E-state index contributed by atoms with van der Waals surface area (Å²) in [6, 6.07) is 10.7. The molecule has 1 aromatic carbocycles. The number of benzene rings is 1. The van der Waals surface area contributed by atoms with Gasteiger partial charge in [-0.25, -0.2) is 0 Å². The summed E-state index contributed by atoms with van der Waals surface area (Å²) in [7, 11) is 0. The van der Waals surface area contributed by atoms with Crippen molar-refractivity contribution in [3.05, 3.63) is 30.3 Å². The minimum absolute atomic E-state index is 0.228. The zero-order chi connectivity index (χ0) is 11.8. The van der Waals surface area contributed by atoms with E-state index in [1.165, 1.54) is 5.30 Å². The second-order valence-electron chi connectivity index (χ2n) is 4.73. The molecule has 3 atom stereocenters. The van der Waals surface area contributed by atoms with Crippen LogP contribution in [-0.4, -0.2) is 32.7 Å². The quantitative estimate of drug-likeness (QED) is 0.575. The minimum atomic E-state index is -1.25. The topological polar surface area (TPSA) is 17.1 Å². The van der Waals surface area contributed by atoms with Gasteiger partial charge >= 0.3 is 105 Å². The van der Waals surface area contributed by atoms with Gasteiger partial charge in [0, 0.05) is 0 Å². The maximum absolute atomic E-state index is 11.7. The van der Waals surface area contributed by atoms with E-state index in [2.05, 4.69) is 59.3 Å². The number of carbonyl (C=O) groups excluding carboxylic acids is 1. The summed E-state index contributed by atoms with van der Waals surface area (Å²) in [4.78, 5) is 11.7. The van der Waals surface area contributed by atoms with Crippen molar-refractivity contribution in [1.82, 2.24) is 0 Å². The fraction of sp³-hybridized carbons (Fsp3) is 0.462. The zero-order valence-electron chi connectivity index (χ0n) is 9.72. The Hall–Kier alpha value is -0.161. The van der Waals surface area contributed by atoms with Crippen LogP contribution in [-0.2, 0) is 4.79 Å². The molecule has 1 fully saturated rings. The Morgan fingerprint density at radius 2 is 1.88 bits per heavy atom. The van der Waals surface area contributed by atoms with E-state index in [-0.39, 0.29) is 5.92 Å². The molecule has 1 heterocycles. The maximum atomic E-state index is 11.7. The predicted molar refractivity (Wildman–Crippen MR) is 71.9 cm³/mol. The Morgan fingerprint density at radius 3 is 2.50 bits per heavy atom. The van der Waals surface area contributed by atoms with Gasteiger partial charge in [0.15, 0.2) is 0 Å². The van der Waals surface area contributed by atoms with Gasteiger partial charge in [-0.15, -0.1) is 0 Å². The summed E-state index contributed by atoms with van der Waals surface area (Å²) < 4.78 is 0. The third-order valence-electron chi connectivity index (χ3n) is 3.50. The molecule has 1 aromatic rings. The molecule has 0 radical (unpaired) electrons. The van der Waals surface area contributed by atoms with Crippen LogP contribution in [0.4, 0.5) is 0 Å². The molecule has 16 heavy (non-hydrogen) atoms. The van der Waals surface area contributed by atoms with E-state index in [4.69, 9.17) is 0 Å². The summed E-state index contributed by atoms with van der Waals surface area (Å²) in [5.74, 6) is 0.667. The first-order chi connectivity index (χ1) is 7.54. The monoisotopic (exact) mass is 300 g/mol. The van der Waals surface area contributed by atoms with Crippen molar-refractivity contribution in [2.75, 3.05) is 6.16 Å². The molecular formula is C13H17OPSe. The van der Waals surface area contributed by atoms with Crippen molar-refractivity contribution in [1.29, 1.82) is 0 Å². The molecule has 1 aliphatic rings. The zero-order valence-corrected chi connectivity index (χ0v) is 12.3. The first kappa shape index (κ1) is 12.3. The van der Waals surface area contributed by atoms with Gasteiger partial charge in [0.1, 0.15) is 0 Å².